The van der Waals surface area contributed by atoms with E-state index in [0.717, 1.165) is 0 Å². The van der Waals surface area contributed by atoms with E-state index >= 15 is 0 Å². The van der Waals surface area contributed by atoms with E-state index in [4.69, 9.17) is 0 Å². The molecule has 0 radical (unpaired) electrons. The van der Waals surface area contributed by atoms with Gasteiger partial charge in [-0.3, -0.25) is 4.79 Å². The minimum absolute atomic E-state index is 0.0152. The van der Waals surface area contributed by atoms with Crippen LogP contribution >= 0.6 is 0 Å². The van der Waals surface area contributed by atoms with E-state index < -0.39 is 12.7 Å². The first-order valence-electron chi connectivity index (χ1n) is 5.08. The van der Waals surface area contributed by atoms with E-state index in [1.165, 1.54) is 11.0 Å². The molecule has 1 rings (SSSR count). The molecule has 1 aromatic rings. The first-order chi connectivity index (χ1) is 7.92. The molecule has 0 atom stereocenters. The fourth-order valence-corrected chi connectivity index (χ4v) is 1.27. The van der Waals surface area contributed by atoms with E-state index in [1.807, 2.05) is 12.2 Å². The van der Waals surface area contributed by atoms with Crippen LogP contribution in [0.2, 0.25) is 0 Å². The summed E-state index contributed by atoms with van der Waals surface area (Å²) in [7, 11) is 0. The van der Waals surface area contributed by atoms with Gasteiger partial charge in [0, 0.05) is 6.54 Å². The number of carbonyl (C=O) groups excluding carboxylic acids is 1. The van der Waals surface area contributed by atoms with Crippen molar-refractivity contribution in [1.29, 1.82) is 0 Å². The Morgan fingerprint density at radius 2 is 2.24 bits per heavy atom. The summed E-state index contributed by atoms with van der Waals surface area (Å²) < 4.78 is 36.9. The molecule has 1 N–H and O–H groups in total. The van der Waals surface area contributed by atoms with Gasteiger partial charge in [-0.1, -0.05) is 0 Å². The summed E-state index contributed by atoms with van der Waals surface area (Å²) in [5.41, 5.74) is 0. The van der Waals surface area contributed by atoms with Gasteiger partial charge in [-0.05, 0) is 6.92 Å². The number of Topliss-reactive ketones (excluding diaryl/α,β-unsaturated/α-hetero) is 1. The lowest BCUT2D eigenvalue weighted by Gasteiger charge is -2.07. The Labute approximate surface area is 96.0 Å². The summed E-state index contributed by atoms with van der Waals surface area (Å²) in [5, 5.41) is 5.90. The molecule has 0 aromatic carbocycles. The van der Waals surface area contributed by atoms with Crippen LogP contribution in [0.3, 0.4) is 0 Å². The zero-order valence-electron chi connectivity index (χ0n) is 9.29. The van der Waals surface area contributed by atoms with Gasteiger partial charge in [-0.2, -0.15) is 18.3 Å². The predicted octanol–water partition coefficient (Wildman–Crippen LogP) is 0.561. The standard InChI is InChI=1S/C9H13F3N4O/c1-2-16-8(14-6-15-16)3-7(17)4-13-5-9(10,11)12/h6,13H,2-5H2,1H3. The van der Waals surface area contributed by atoms with E-state index in [2.05, 4.69) is 10.1 Å². The zero-order valence-corrected chi connectivity index (χ0v) is 9.29. The second kappa shape index (κ2) is 5.76. The van der Waals surface area contributed by atoms with Gasteiger partial charge in [0.05, 0.1) is 19.5 Å². The highest BCUT2D eigenvalue weighted by Gasteiger charge is 2.26. The summed E-state index contributed by atoms with van der Waals surface area (Å²) in [6, 6.07) is 0. The minimum Gasteiger partial charge on any atom is -0.302 e. The molecule has 1 aromatic heterocycles. The Morgan fingerprint density at radius 3 is 2.82 bits per heavy atom. The van der Waals surface area contributed by atoms with E-state index in [0.29, 0.717) is 12.4 Å². The maximum Gasteiger partial charge on any atom is 0.401 e. The normalized spacial score (nSPS) is 11.8. The van der Waals surface area contributed by atoms with Crippen LogP contribution < -0.4 is 5.32 Å². The van der Waals surface area contributed by atoms with Crippen molar-refractivity contribution in [2.75, 3.05) is 13.1 Å². The highest BCUT2D eigenvalue weighted by Crippen LogP contribution is 2.11. The fourth-order valence-electron chi connectivity index (χ4n) is 1.27. The number of hydrogen-bond donors (Lipinski definition) is 1. The molecule has 0 amide bonds. The molecule has 0 fully saturated rings. The first-order valence-corrected chi connectivity index (χ1v) is 5.08. The molecule has 96 valence electrons. The molecule has 0 unspecified atom stereocenters. The highest BCUT2D eigenvalue weighted by molar-refractivity contribution is 5.82. The van der Waals surface area contributed by atoms with Crippen LogP contribution in [0.4, 0.5) is 13.2 Å². The molecule has 8 heteroatoms. The third-order valence-electron chi connectivity index (χ3n) is 2.00. The number of halogens is 3. The monoisotopic (exact) mass is 250 g/mol. The van der Waals surface area contributed by atoms with Gasteiger partial charge < -0.3 is 5.32 Å². The highest BCUT2D eigenvalue weighted by atomic mass is 19.4. The van der Waals surface area contributed by atoms with Crippen molar-refractivity contribution in [2.45, 2.75) is 26.1 Å². The van der Waals surface area contributed by atoms with E-state index in [9.17, 15) is 18.0 Å². The number of carbonyl (C=O) groups is 1. The maximum absolute atomic E-state index is 11.8. The molecule has 0 aliphatic heterocycles. The molecule has 0 saturated heterocycles. The Bertz CT molecular complexity index is 375. The van der Waals surface area contributed by atoms with Crippen molar-refractivity contribution in [3.05, 3.63) is 12.2 Å². The summed E-state index contributed by atoms with van der Waals surface area (Å²) in [6.07, 6.45) is -3.00. The number of ketones is 1. The lowest BCUT2D eigenvalue weighted by molar-refractivity contribution is -0.127. The molecule has 0 saturated carbocycles. The van der Waals surface area contributed by atoms with Crippen molar-refractivity contribution < 1.29 is 18.0 Å². The second-order valence-electron chi connectivity index (χ2n) is 3.43. The van der Waals surface area contributed by atoms with Gasteiger partial charge in [0.15, 0.2) is 5.78 Å². The summed E-state index contributed by atoms with van der Waals surface area (Å²) in [5.74, 6) is 0.114. The van der Waals surface area contributed by atoms with E-state index in [1.54, 1.807) is 0 Å². The fraction of sp³-hybridized carbons (Fsp3) is 0.667. The van der Waals surface area contributed by atoms with Crippen molar-refractivity contribution >= 4 is 5.78 Å². The van der Waals surface area contributed by atoms with Crippen molar-refractivity contribution in [3.63, 3.8) is 0 Å². The lowest BCUT2D eigenvalue weighted by Crippen LogP contribution is -2.33. The molecule has 5 nitrogen and oxygen atoms in total. The molecule has 0 spiro atoms. The molecule has 1 heterocycles. The summed E-state index contributed by atoms with van der Waals surface area (Å²) in [6.45, 7) is 0.915. The topological polar surface area (TPSA) is 59.8 Å². The Kier molecular flexibility index (Phi) is 4.62. The van der Waals surface area contributed by atoms with Crippen LogP contribution in [0.5, 0.6) is 0 Å². The summed E-state index contributed by atoms with van der Waals surface area (Å²) >= 11 is 0. The third-order valence-corrected chi connectivity index (χ3v) is 2.00. The average molecular weight is 250 g/mol. The van der Waals surface area contributed by atoms with Crippen LogP contribution in [0.1, 0.15) is 12.7 Å². The Hall–Kier alpha value is -1.44. The predicted molar refractivity (Wildman–Crippen MR) is 53.3 cm³/mol. The molecular formula is C9H13F3N4O. The Balaban J connectivity index is 2.35. The van der Waals surface area contributed by atoms with Crippen molar-refractivity contribution in [3.8, 4) is 0 Å². The number of nitrogens with zero attached hydrogens (tertiary/aromatic N) is 3. The molecular weight excluding hydrogens is 237 g/mol. The SMILES string of the molecule is CCn1ncnc1CC(=O)CNCC(F)(F)F. The smallest absolute Gasteiger partial charge is 0.302 e. The van der Waals surface area contributed by atoms with E-state index in [-0.39, 0.29) is 18.7 Å². The average Bonchev–Trinajstić information content (AvgIpc) is 2.63. The van der Waals surface area contributed by atoms with Gasteiger partial charge in [-0.25, -0.2) is 9.67 Å². The molecule has 17 heavy (non-hydrogen) atoms. The number of aromatic nitrogens is 3. The maximum atomic E-state index is 11.8. The van der Waals surface area contributed by atoms with Gasteiger partial charge in [0.2, 0.25) is 0 Å². The van der Waals surface area contributed by atoms with Crippen LogP contribution in [-0.2, 0) is 17.8 Å². The quantitative estimate of drug-likeness (QED) is 0.801. The number of nitrogens with one attached hydrogen (secondary N) is 1. The second-order valence-corrected chi connectivity index (χ2v) is 3.43. The number of alkyl halides is 3. The van der Waals surface area contributed by atoms with Gasteiger partial charge in [0.25, 0.3) is 0 Å². The molecule has 0 aliphatic rings. The van der Waals surface area contributed by atoms with Crippen molar-refractivity contribution in [2.24, 2.45) is 0 Å². The van der Waals surface area contributed by atoms with Crippen LogP contribution in [0, 0.1) is 0 Å². The minimum atomic E-state index is -4.30. The molecule has 0 bridgehead atoms. The van der Waals surface area contributed by atoms with Crippen molar-refractivity contribution in [1.82, 2.24) is 20.1 Å². The lowest BCUT2D eigenvalue weighted by atomic mass is 10.2. The van der Waals surface area contributed by atoms with Crippen LogP contribution in [0.15, 0.2) is 6.33 Å². The molecule has 0 aliphatic carbocycles. The number of hydrogen-bond acceptors (Lipinski definition) is 4. The number of aryl methyl sites for hydroxylation is 1. The summed E-state index contributed by atoms with van der Waals surface area (Å²) in [4.78, 5) is 15.2. The number of rotatable bonds is 6. The van der Waals surface area contributed by atoms with Gasteiger partial charge in [0.1, 0.15) is 12.2 Å². The van der Waals surface area contributed by atoms with Crippen LogP contribution in [-0.4, -0.2) is 39.8 Å². The Morgan fingerprint density at radius 1 is 1.53 bits per heavy atom. The third kappa shape index (κ3) is 4.94. The zero-order chi connectivity index (χ0) is 12.9. The van der Waals surface area contributed by atoms with Gasteiger partial charge in [-0.15, -0.1) is 0 Å². The largest absolute Gasteiger partial charge is 0.401 e. The van der Waals surface area contributed by atoms with Gasteiger partial charge >= 0.3 is 6.18 Å². The first kappa shape index (κ1) is 13.6. The van der Waals surface area contributed by atoms with Crippen LogP contribution in [0.25, 0.3) is 0 Å².